The van der Waals surface area contributed by atoms with Crippen LogP contribution in [0.2, 0.25) is 0 Å². The first kappa shape index (κ1) is 15.5. The molecule has 0 aliphatic rings. The molecule has 112 valence electrons. The van der Waals surface area contributed by atoms with Gasteiger partial charge in [0.25, 0.3) is 0 Å². The fourth-order valence-electron chi connectivity index (χ4n) is 1.89. The molecular formula is C15H19N3O2S. The van der Waals surface area contributed by atoms with Crippen molar-refractivity contribution in [2.75, 3.05) is 19.5 Å². The van der Waals surface area contributed by atoms with E-state index in [1.165, 1.54) is 0 Å². The van der Waals surface area contributed by atoms with E-state index >= 15 is 0 Å². The monoisotopic (exact) mass is 305 g/mol. The van der Waals surface area contributed by atoms with Crippen molar-refractivity contribution in [1.82, 2.24) is 9.88 Å². The number of para-hydroxylation sites is 2. The zero-order valence-corrected chi connectivity index (χ0v) is 13.2. The fourth-order valence-corrected chi connectivity index (χ4v) is 2.44. The van der Waals surface area contributed by atoms with Gasteiger partial charge in [0.1, 0.15) is 5.75 Å². The molecule has 6 heteroatoms. The van der Waals surface area contributed by atoms with Crippen LogP contribution in [0.15, 0.2) is 35.2 Å². The van der Waals surface area contributed by atoms with E-state index in [2.05, 4.69) is 10.3 Å². The van der Waals surface area contributed by atoms with Crippen LogP contribution in [0, 0.1) is 0 Å². The molecule has 0 bridgehead atoms. The fraction of sp³-hybridized carbons (Fsp3) is 0.333. The van der Waals surface area contributed by atoms with Crippen LogP contribution in [0.5, 0.6) is 5.75 Å². The zero-order valence-electron chi connectivity index (χ0n) is 12.4. The van der Waals surface area contributed by atoms with Crippen molar-refractivity contribution in [2.45, 2.75) is 19.5 Å². The Balaban J connectivity index is 1.98. The minimum Gasteiger partial charge on any atom is -0.495 e. The number of benzene rings is 1. The Morgan fingerprint density at radius 2 is 2.24 bits per heavy atom. The lowest BCUT2D eigenvalue weighted by molar-refractivity contribution is -0.120. The number of amides is 1. The molecule has 0 spiro atoms. The molecule has 1 heterocycles. The number of nitrogens with zero attached hydrogens (tertiary/aromatic N) is 2. The van der Waals surface area contributed by atoms with E-state index in [-0.39, 0.29) is 11.9 Å². The van der Waals surface area contributed by atoms with E-state index < -0.39 is 0 Å². The summed E-state index contributed by atoms with van der Waals surface area (Å²) in [6, 6.07) is 7.11. The summed E-state index contributed by atoms with van der Waals surface area (Å²) in [7, 11) is 3.49. The molecule has 0 saturated heterocycles. The van der Waals surface area contributed by atoms with Crippen molar-refractivity contribution in [3.05, 3.63) is 40.8 Å². The van der Waals surface area contributed by atoms with Crippen molar-refractivity contribution < 1.29 is 9.53 Å². The van der Waals surface area contributed by atoms with Gasteiger partial charge in [0, 0.05) is 11.9 Å². The van der Waals surface area contributed by atoms with E-state index in [1.807, 2.05) is 48.5 Å². The molecule has 0 saturated carbocycles. The van der Waals surface area contributed by atoms with E-state index in [0.717, 1.165) is 5.69 Å². The summed E-state index contributed by atoms with van der Waals surface area (Å²) >= 11 is 1.55. The van der Waals surface area contributed by atoms with Gasteiger partial charge in [-0.15, -0.1) is 11.3 Å². The van der Waals surface area contributed by atoms with Crippen LogP contribution < -0.4 is 10.1 Å². The maximum Gasteiger partial charge on any atom is 0.241 e. The lowest BCUT2D eigenvalue weighted by atomic mass is 10.2. The van der Waals surface area contributed by atoms with Crippen LogP contribution in [0.25, 0.3) is 0 Å². The molecule has 0 radical (unpaired) electrons. The Hall–Kier alpha value is -1.92. The van der Waals surface area contributed by atoms with Crippen LogP contribution in [-0.2, 0) is 11.3 Å². The second kappa shape index (κ2) is 7.19. The third-order valence-electron chi connectivity index (χ3n) is 3.30. The topological polar surface area (TPSA) is 54.5 Å². The van der Waals surface area contributed by atoms with Gasteiger partial charge in [-0.25, -0.2) is 4.98 Å². The zero-order chi connectivity index (χ0) is 15.2. The molecule has 0 unspecified atom stereocenters. The summed E-state index contributed by atoms with van der Waals surface area (Å²) < 4.78 is 5.23. The number of methoxy groups -OCH3 is 1. The van der Waals surface area contributed by atoms with Gasteiger partial charge >= 0.3 is 0 Å². The average Bonchev–Trinajstić information content (AvgIpc) is 2.99. The molecule has 1 atom stereocenters. The molecule has 1 amide bonds. The molecule has 1 aromatic carbocycles. The number of hydrogen-bond acceptors (Lipinski definition) is 5. The summed E-state index contributed by atoms with van der Waals surface area (Å²) in [4.78, 5) is 18.5. The second-order valence-corrected chi connectivity index (χ2v) is 5.48. The number of anilines is 1. The SMILES string of the molecule is COc1ccccc1NC(=O)[C@@H](C)N(C)Cc1cscn1. The minimum atomic E-state index is -0.267. The number of thiazole rings is 1. The van der Waals surface area contributed by atoms with Crippen LogP contribution in [0.4, 0.5) is 5.69 Å². The van der Waals surface area contributed by atoms with Crippen molar-refractivity contribution in [3.8, 4) is 5.75 Å². The van der Waals surface area contributed by atoms with Crippen molar-refractivity contribution in [2.24, 2.45) is 0 Å². The number of ether oxygens (including phenoxy) is 1. The normalized spacial score (nSPS) is 12.2. The van der Waals surface area contributed by atoms with Crippen molar-refractivity contribution >= 4 is 22.9 Å². The molecule has 0 aliphatic heterocycles. The number of hydrogen-bond donors (Lipinski definition) is 1. The molecule has 1 N–H and O–H groups in total. The predicted octanol–water partition coefficient (Wildman–Crippen LogP) is 2.61. The van der Waals surface area contributed by atoms with Gasteiger partial charge < -0.3 is 10.1 Å². The first-order chi connectivity index (χ1) is 10.1. The number of carbonyl (C=O) groups is 1. The van der Waals surface area contributed by atoms with Crippen LogP contribution in [-0.4, -0.2) is 36.0 Å². The third kappa shape index (κ3) is 4.03. The second-order valence-electron chi connectivity index (χ2n) is 4.76. The largest absolute Gasteiger partial charge is 0.495 e. The molecule has 2 aromatic rings. The molecule has 1 aromatic heterocycles. The summed E-state index contributed by atoms with van der Waals surface area (Å²) in [5, 5.41) is 4.89. The number of carbonyl (C=O) groups excluding carboxylic acids is 1. The Bertz CT molecular complexity index is 586. The lowest BCUT2D eigenvalue weighted by Crippen LogP contribution is -2.39. The Morgan fingerprint density at radius 3 is 2.90 bits per heavy atom. The number of nitrogens with one attached hydrogen (secondary N) is 1. The number of aromatic nitrogens is 1. The van der Waals surface area contributed by atoms with Crippen LogP contribution in [0.1, 0.15) is 12.6 Å². The van der Waals surface area contributed by atoms with Gasteiger partial charge in [-0.05, 0) is 26.1 Å². The Morgan fingerprint density at radius 1 is 1.48 bits per heavy atom. The highest BCUT2D eigenvalue weighted by atomic mass is 32.1. The maximum atomic E-state index is 12.3. The summed E-state index contributed by atoms with van der Waals surface area (Å²) in [6.07, 6.45) is 0. The standard InChI is InChI=1S/C15H19N3O2S/c1-11(18(2)8-12-9-21-10-16-12)15(19)17-13-6-4-5-7-14(13)20-3/h4-7,9-11H,8H2,1-3H3,(H,17,19)/t11-/m1/s1. The van der Waals surface area contributed by atoms with Crippen LogP contribution >= 0.6 is 11.3 Å². The van der Waals surface area contributed by atoms with Gasteiger partial charge in [-0.3, -0.25) is 9.69 Å². The smallest absolute Gasteiger partial charge is 0.241 e. The molecule has 2 rings (SSSR count). The van der Waals surface area contributed by atoms with E-state index in [1.54, 1.807) is 24.0 Å². The predicted molar refractivity (Wildman–Crippen MR) is 84.7 cm³/mol. The highest BCUT2D eigenvalue weighted by Crippen LogP contribution is 2.23. The van der Waals surface area contributed by atoms with Gasteiger partial charge in [-0.1, -0.05) is 12.1 Å². The summed E-state index contributed by atoms with van der Waals surface area (Å²) in [5.74, 6) is 0.581. The average molecular weight is 305 g/mol. The van der Waals surface area contributed by atoms with Crippen LogP contribution in [0.3, 0.4) is 0 Å². The third-order valence-corrected chi connectivity index (χ3v) is 3.94. The first-order valence-electron chi connectivity index (χ1n) is 6.63. The highest BCUT2D eigenvalue weighted by molar-refractivity contribution is 7.07. The van der Waals surface area contributed by atoms with Gasteiger partial charge in [0.2, 0.25) is 5.91 Å². The molecule has 21 heavy (non-hydrogen) atoms. The van der Waals surface area contributed by atoms with E-state index in [4.69, 9.17) is 4.74 Å². The minimum absolute atomic E-state index is 0.0720. The van der Waals surface area contributed by atoms with Crippen molar-refractivity contribution in [1.29, 1.82) is 0 Å². The summed E-state index contributed by atoms with van der Waals surface area (Å²) in [5.41, 5.74) is 3.45. The number of likely N-dealkylation sites (N-methyl/N-ethyl adjacent to an activating group) is 1. The van der Waals surface area contributed by atoms with Gasteiger partial charge in [0.15, 0.2) is 0 Å². The van der Waals surface area contributed by atoms with E-state index in [0.29, 0.717) is 18.0 Å². The van der Waals surface area contributed by atoms with Crippen molar-refractivity contribution in [3.63, 3.8) is 0 Å². The molecular weight excluding hydrogens is 286 g/mol. The maximum absolute atomic E-state index is 12.3. The molecule has 0 aliphatic carbocycles. The molecule has 0 fully saturated rings. The molecule has 5 nitrogen and oxygen atoms in total. The lowest BCUT2D eigenvalue weighted by Gasteiger charge is -2.23. The number of rotatable bonds is 6. The quantitative estimate of drug-likeness (QED) is 0.891. The summed E-state index contributed by atoms with van der Waals surface area (Å²) in [6.45, 7) is 2.52. The van der Waals surface area contributed by atoms with Gasteiger partial charge in [0.05, 0.1) is 30.0 Å². The first-order valence-corrected chi connectivity index (χ1v) is 7.57. The Labute approximate surface area is 128 Å². The van der Waals surface area contributed by atoms with Gasteiger partial charge in [-0.2, -0.15) is 0 Å². The Kier molecular flexibility index (Phi) is 5.30. The highest BCUT2D eigenvalue weighted by Gasteiger charge is 2.19. The van der Waals surface area contributed by atoms with E-state index in [9.17, 15) is 4.79 Å².